The molecule has 6 nitrogen and oxygen atoms in total. The number of likely N-dealkylation sites (tertiary alicyclic amines) is 1. The van der Waals surface area contributed by atoms with E-state index in [1.165, 1.54) is 5.69 Å². The van der Waals surface area contributed by atoms with Crippen LogP contribution in [0.2, 0.25) is 0 Å². The van der Waals surface area contributed by atoms with Gasteiger partial charge in [-0.2, -0.15) is 0 Å². The standard InChI is InChI=1S/C21H30N4O2/c1-15-3-8-20(26)25(15)18-6-4-17(5-7-18)24-13-9-16(10-14-24)22-19-11-12-23(2)21(19)27/h4-7,15-16,19,22H,3,8-14H2,1-2H3/t15-,19+/m1/s1. The van der Waals surface area contributed by atoms with Gasteiger partial charge in [-0.15, -0.1) is 0 Å². The zero-order valence-corrected chi connectivity index (χ0v) is 16.4. The maximum Gasteiger partial charge on any atom is 0.239 e. The van der Waals surface area contributed by atoms with Crippen molar-refractivity contribution in [2.24, 2.45) is 0 Å². The molecule has 0 radical (unpaired) electrons. The van der Waals surface area contributed by atoms with Crippen LogP contribution in [0.3, 0.4) is 0 Å². The molecule has 1 N–H and O–H groups in total. The first-order chi connectivity index (χ1) is 13.0. The van der Waals surface area contributed by atoms with Gasteiger partial charge in [0, 0.05) is 56.6 Å². The zero-order chi connectivity index (χ0) is 19.0. The molecule has 3 saturated heterocycles. The van der Waals surface area contributed by atoms with Crippen LogP contribution in [-0.2, 0) is 9.59 Å². The predicted octanol–water partition coefficient (Wildman–Crippen LogP) is 1.99. The van der Waals surface area contributed by atoms with Crippen molar-refractivity contribution in [1.82, 2.24) is 10.2 Å². The van der Waals surface area contributed by atoms with Crippen LogP contribution in [0.4, 0.5) is 11.4 Å². The maximum absolute atomic E-state index is 12.1. The molecule has 1 aromatic carbocycles. The fraction of sp³-hybridized carbons (Fsp3) is 0.619. The molecule has 4 rings (SSSR count). The Balaban J connectivity index is 1.32. The Kier molecular flexibility index (Phi) is 5.08. The maximum atomic E-state index is 12.1. The highest BCUT2D eigenvalue weighted by Crippen LogP contribution is 2.29. The molecule has 0 saturated carbocycles. The SMILES string of the molecule is C[C@@H]1CCC(=O)N1c1ccc(N2CCC(N[C@H]3CCN(C)C3=O)CC2)cc1. The summed E-state index contributed by atoms with van der Waals surface area (Å²) >= 11 is 0. The molecule has 0 aromatic heterocycles. The minimum Gasteiger partial charge on any atom is -0.371 e. The average Bonchev–Trinajstić information content (AvgIpc) is 3.18. The molecular formula is C21H30N4O2. The molecule has 6 heteroatoms. The van der Waals surface area contributed by atoms with Gasteiger partial charge >= 0.3 is 0 Å². The Hall–Kier alpha value is -2.08. The smallest absolute Gasteiger partial charge is 0.239 e. The predicted molar refractivity (Wildman–Crippen MR) is 107 cm³/mol. The topological polar surface area (TPSA) is 55.9 Å². The molecular weight excluding hydrogens is 340 g/mol. The van der Waals surface area contributed by atoms with Gasteiger partial charge in [0.05, 0.1) is 6.04 Å². The summed E-state index contributed by atoms with van der Waals surface area (Å²) in [4.78, 5) is 30.3. The number of likely N-dealkylation sites (N-methyl/N-ethyl adjacent to an activating group) is 1. The molecule has 3 fully saturated rings. The van der Waals surface area contributed by atoms with Crippen LogP contribution >= 0.6 is 0 Å². The fourth-order valence-electron chi connectivity index (χ4n) is 4.62. The lowest BCUT2D eigenvalue weighted by molar-refractivity contribution is -0.128. The normalized spacial score (nSPS) is 27.1. The second-order valence-corrected chi connectivity index (χ2v) is 8.20. The first kappa shape index (κ1) is 18.3. The molecule has 2 amide bonds. The van der Waals surface area contributed by atoms with Gasteiger partial charge in [0.2, 0.25) is 11.8 Å². The van der Waals surface area contributed by atoms with Crippen LogP contribution in [0.1, 0.15) is 39.0 Å². The summed E-state index contributed by atoms with van der Waals surface area (Å²) in [5, 5.41) is 3.56. The van der Waals surface area contributed by atoms with E-state index < -0.39 is 0 Å². The first-order valence-corrected chi connectivity index (χ1v) is 10.2. The summed E-state index contributed by atoms with van der Waals surface area (Å²) in [5.74, 6) is 0.466. The average molecular weight is 370 g/mol. The van der Waals surface area contributed by atoms with Gasteiger partial charge in [-0.1, -0.05) is 0 Å². The van der Waals surface area contributed by atoms with Gasteiger partial charge in [0.25, 0.3) is 0 Å². The zero-order valence-electron chi connectivity index (χ0n) is 16.4. The summed E-state index contributed by atoms with van der Waals surface area (Å²) in [6.45, 7) is 4.96. The van der Waals surface area contributed by atoms with Crippen molar-refractivity contribution in [2.75, 3.05) is 36.5 Å². The lowest BCUT2D eigenvalue weighted by Gasteiger charge is -2.35. The number of anilines is 2. The van der Waals surface area contributed by atoms with Crippen LogP contribution in [-0.4, -0.2) is 61.5 Å². The van der Waals surface area contributed by atoms with Crippen LogP contribution in [0.5, 0.6) is 0 Å². The number of hydrogen-bond donors (Lipinski definition) is 1. The van der Waals surface area contributed by atoms with Crippen LogP contribution in [0, 0.1) is 0 Å². The third-order valence-electron chi connectivity index (χ3n) is 6.34. The molecule has 27 heavy (non-hydrogen) atoms. The van der Waals surface area contributed by atoms with Crippen molar-refractivity contribution >= 4 is 23.2 Å². The van der Waals surface area contributed by atoms with Crippen molar-refractivity contribution in [3.05, 3.63) is 24.3 Å². The second kappa shape index (κ2) is 7.50. The van der Waals surface area contributed by atoms with Gasteiger partial charge in [0.1, 0.15) is 0 Å². The van der Waals surface area contributed by atoms with E-state index in [0.29, 0.717) is 18.5 Å². The molecule has 1 aromatic rings. The van der Waals surface area contributed by atoms with Gasteiger partial charge < -0.3 is 20.0 Å². The Labute approximate surface area is 161 Å². The van der Waals surface area contributed by atoms with Crippen LogP contribution < -0.4 is 15.1 Å². The van der Waals surface area contributed by atoms with Gasteiger partial charge in [-0.3, -0.25) is 9.59 Å². The Morgan fingerprint density at radius 3 is 2.15 bits per heavy atom. The van der Waals surface area contributed by atoms with E-state index >= 15 is 0 Å². The number of piperidine rings is 1. The number of nitrogens with zero attached hydrogens (tertiary/aromatic N) is 3. The molecule has 0 aliphatic carbocycles. The highest BCUT2D eigenvalue weighted by atomic mass is 16.2. The Bertz CT molecular complexity index is 697. The molecule has 3 aliphatic rings. The highest BCUT2D eigenvalue weighted by Gasteiger charge is 2.32. The summed E-state index contributed by atoms with van der Waals surface area (Å²) in [5.41, 5.74) is 2.22. The van der Waals surface area contributed by atoms with Gasteiger partial charge in [0.15, 0.2) is 0 Å². The van der Waals surface area contributed by atoms with Gasteiger partial charge in [-0.25, -0.2) is 0 Å². The molecule has 3 aliphatic heterocycles. The summed E-state index contributed by atoms with van der Waals surface area (Å²) < 4.78 is 0. The number of rotatable bonds is 4. The number of nitrogens with one attached hydrogen (secondary N) is 1. The fourth-order valence-corrected chi connectivity index (χ4v) is 4.62. The van der Waals surface area contributed by atoms with E-state index in [9.17, 15) is 9.59 Å². The molecule has 0 spiro atoms. The highest BCUT2D eigenvalue weighted by molar-refractivity contribution is 5.96. The van der Waals surface area contributed by atoms with Crippen LogP contribution in [0.25, 0.3) is 0 Å². The third-order valence-corrected chi connectivity index (χ3v) is 6.34. The lowest BCUT2D eigenvalue weighted by Crippen LogP contribution is -2.48. The van der Waals surface area contributed by atoms with E-state index in [-0.39, 0.29) is 17.9 Å². The summed E-state index contributed by atoms with van der Waals surface area (Å²) in [7, 11) is 1.88. The van der Waals surface area contributed by atoms with Crippen molar-refractivity contribution in [3.63, 3.8) is 0 Å². The molecule has 0 bridgehead atoms. The monoisotopic (exact) mass is 370 g/mol. The number of benzene rings is 1. The first-order valence-electron chi connectivity index (χ1n) is 10.2. The van der Waals surface area contributed by atoms with Crippen molar-refractivity contribution in [3.8, 4) is 0 Å². The second-order valence-electron chi connectivity index (χ2n) is 8.20. The van der Waals surface area contributed by atoms with E-state index in [4.69, 9.17) is 0 Å². The minimum atomic E-state index is 0.00539. The molecule has 2 atom stereocenters. The molecule has 3 heterocycles. The molecule has 0 unspecified atom stereocenters. The van der Waals surface area contributed by atoms with E-state index in [0.717, 1.165) is 51.0 Å². The number of amides is 2. The lowest BCUT2D eigenvalue weighted by atomic mass is 10.0. The van der Waals surface area contributed by atoms with E-state index in [2.05, 4.69) is 41.4 Å². The number of carbonyl (C=O) groups excluding carboxylic acids is 2. The number of carbonyl (C=O) groups is 2. The van der Waals surface area contributed by atoms with E-state index in [1.807, 2.05) is 16.8 Å². The van der Waals surface area contributed by atoms with Crippen molar-refractivity contribution in [1.29, 1.82) is 0 Å². The Morgan fingerprint density at radius 1 is 0.926 bits per heavy atom. The van der Waals surface area contributed by atoms with Crippen molar-refractivity contribution < 1.29 is 9.59 Å². The summed E-state index contributed by atoms with van der Waals surface area (Å²) in [6.07, 6.45) is 4.63. The Morgan fingerprint density at radius 2 is 1.59 bits per heavy atom. The van der Waals surface area contributed by atoms with Gasteiger partial charge in [-0.05, 0) is 56.9 Å². The van der Waals surface area contributed by atoms with Crippen LogP contribution in [0.15, 0.2) is 24.3 Å². The molecule has 146 valence electrons. The number of hydrogen-bond acceptors (Lipinski definition) is 4. The summed E-state index contributed by atoms with van der Waals surface area (Å²) in [6, 6.07) is 9.14. The van der Waals surface area contributed by atoms with Crippen molar-refractivity contribution in [2.45, 2.75) is 57.2 Å². The minimum absolute atomic E-state index is 0.00539. The largest absolute Gasteiger partial charge is 0.371 e. The van der Waals surface area contributed by atoms with E-state index in [1.54, 1.807) is 0 Å². The quantitative estimate of drug-likeness (QED) is 0.881. The third kappa shape index (κ3) is 3.68.